The zero-order valence-electron chi connectivity index (χ0n) is 8.44. The Balaban J connectivity index is 1.82. The Labute approximate surface area is 97.4 Å². The van der Waals surface area contributed by atoms with Gasteiger partial charge in [0.2, 0.25) is 0 Å². The lowest BCUT2D eigenvalue weighted by atomic mass is 10.3. The molecule has 2 rings (SSSR count). The standard InChI is InChI=1S/C11H10ClFN2O/c12-9-7-14-15(8-9)5-6-16-11-3-1-10(13)2-4-11/h1-4,7-8H,5-6H2. The van der Waals surface area contributed by atoms with Crippen molar-refractivity contribution in [1.82, 2.24) is 9.78 Å². The van der Waals surface area contributed by atoms with E-state index in [0.717, 1.165) is 0 Å². The Morgan fingerprint density at radius 1 is 1.31 bits per heavy atom. The molecule has 0 fully saturated rings. The molecule has 1 aromatic heterocycles. The van der Waals surface area contributed by atoms with Crippen LogP contribution in [0.4, 0.5) is 4.39 Å². The highest BCUT2D eigenvalue weighted by atomic mass is 35.5. The Morgan fingerprint density at radius 2 is 2.06 bits per heavy atom. The topological polar surface area (TPSA) is 27.1 Å². The minimum absolute atomic E-state index is 0.272. The van der Waals surface area contributed by atoms with Crippen molar-refractivity contribution in [1.29, 1.82) is 0 Å². The molecule has 1 aromatic carbocycles. The zero-order valence-corrected chi connectivity index (χ0v) is 9.19. The third kappa shape index (κ3) is 2.97. The van der Waals surface area contributed by atoms with Crippen LogP contribution in [0.15, 0.2) is 36.7 Å². The van der Waals surface area contributed by atoms with E-state index in [1.54, 1.807) is 29.2 Å². The van der Waals surface area contributed by atoms with E-state index in [4.69, 9.17) is 16.3 Å². The fourth-order valence-electron chi connectivity index (χ4n) is 1.25. The van der Waals surface area contributed by atoms with Crippen LogP contribution < -0.4 is 4.74 Å². The quantitative estimate of drug-likeness (QED) is 0.822. The number of rotatable bonds is 4. The summed E-state index contributed by atoms with van der Waals surface area (Å²) in [4.78, 5) is 0. The smallest absolute Gasteiger partial charge is 0.123 e. The molecule has 0 saturated carbocycles. The van der Waals surface area contributed by atoms with Crippen LogP contribution in [-0.2, 0) is 6.54 Å². The van der Waals surface area contributed by atoms with E-state index in [-0.39, 0.29) is 5.82 Å². The molecule has 84 valence electrons. The van der Waals surface area contributed by atoms with Crippen molar-refractivity contribution in [3.8, 4) is 5.75 Å². The van der Waals surface area contributed by atoms with Gasteiger partial charge >= 0.3 is 0 Å². The van der Waals surface area contributed by atoms with E-state index in [1.807, 2.05) is 0 Å². The SMILES string of the molecule is Fc1ccc(OCCn2cc(Cl)cn2)cc1. The summed E-state index contributed by atoms with van der Waals surface area (Å²) in [5, 5.41) is 4.60. The summed E-state index contributed by atoms with van der Waals surface area (Å²) in [5.41, 5.74) is 0. The van der Waals surface area contributed by atoms with E-state index >= 15 is 0 Å². The lowest BCUT2D eigenvalue weighted by Gasteiger charge is -2.05. The average Bonchev–Trinajstić information content (AvgIpc) is 2.67. The Kier molecular flexibility index (Phi) is 3.41. The predicted molar refractivity (Wildman–Crippen MR) is 59.1 cm³/mol. The third-order valence-electron chi connectivity index (χ3n) is 2.00. The average molecular weight is 241 g/mol. The molecule has 0 aliphatic rings. The van der Waals surface area contributed by atoms with Crippen molar-refractivity contribution in [2.75, 3.05) is 6.61 Å². The van der Waals surface area contributed by atoms with E-state index in [9.17, 15) is 4.39 Å². The minimum Gasteiger partial charge on any atom is -0.492 e. The molecule has 0 N–H and O–H groups in total. The Bertz CT molecular complexity index is 455. The first kappa shape index (κ1) is 11.0. The van der Waals surface area contributed by atoms with Crippen molar-refractivity contribution in [2.24, 2.45) is 0 Å². The molecule has 0 radical (unpaired) electrons. The Hall–Kier alpha value is -1.55. The van der Waals surface area contributed by atoms with Crippen molar-refractivity contribution < 1.29 is 9.13 Å². The van der Waals surface area contributed by atoms with E-state index in [0.29, 0.717) is 23.9 Å². The van der Waals surface area contributed by atoms with Gasteiger partial charge < -0.3 is 4.74 Å². The summed E-state index contributed by atoms with van der Waals surface area (Å²) in [5.74, 6) is 0.367. The maximum Gasteiger partial charge on any atom is 0.123 e. The van der Waals surface area contributed by atoms with E-state index in [1.165, 1.54) is 12.1 Å². The number of hydrogen-bond donors (Lipinski definition) is 0. The van der Waals surface area contributed by atoms with Crippen LogP contribution in [0.25, 0.3) is 0 Å². The van der Waals surface area contributed by atoms with Crippen LogP contribution >= 0.6 is 11.6 Å². The van der Waals surface area contributed by atoms with Gasteiger partial charge in [-0.2, -0.15) is 5.10 Å². The van der Waals surface area contributed by atoms with Gasteiger partial charge in [0.25, 0.3) is 0 Å². The Morgan fingerprint density at radius 3 is 2.69 bits per heavy atom. The molecular formula is C11H10ClFN2O. The van der Waals surface area contributed by atoms with Crippen LogP contribution in [0.5, 0.6) is 5.75 Å². The molecule has 1 heterocycles. The minimum atomic E-state index is -0.272. The van der Waals surface area contributed by atoms with Gasteiger partial charge in [-0.1, -0.05) is 11.6 Å². The second-order valence-corrected chi connectivity index (χ2v) is 3.66. The highest BCUT2D eigenvalue weighted by Gasteiger charge is 1.97. The summed E-state index contributed by atoms with van der Waals surface area (Å²) in [7, 11) is 0. The molecule has 0 aliphatic carbocycles. The van der Waals surface area contributed by atoms with Gasteiger partial charge in [0.1, 0.15) is 18.2 Å². The summed E-state index contributed by atoms with van der Waals surface area (Å²) in [6.45, 7) is 1.06. The second-order valence-electron chi connectivity index (χ2n) is 3.22. The molecule has 3 nitrogen and oxygen atoms in total. The fourth-order valence-corrected chi connectivity index (χ4v) is 1.40. The van der Waals surface area contributed by atoms with Gasteiger partial charge in [-0.3, -0.25) is 4.68 Å². The van der Waals surface area contributed by atoms with Gasteiger partial charge in [-0.25, -0.2) is 4.39 Å². The number of nitrogens with zero attached hydrogens (tertiary/aromatic N) is 2. The largest absolute Gasteiger partial charge is 0.492 e. The first-order valence-corrected chi connectivity index (χ1v) is 5.18. The van der Waals surface area contributed by atoms with Crippen molar-refractivity contribution in [3.05, 3.63) is 47.5 Å². The third-order valence-corrected chi connectivity index (χ3v) is 2.20. The summed E-state index contributed by atoms with van der Waals surface area (Å²) < 4.78 is 19.7. The molecule has 16 heavy (non-hydrogen) atoms. The van der Waals surface area contributed by atoms with E-state index in [2.05, 4.69) is 5.10 Å². The molecular weight excluding hydrogens is 231 g/mol. The lowest BCUT2D eigenvalue weighted by molar-refractivity contribution is 0.291. The maximum absolute atomic E-state index is 12.6. The molecule has 0 spiro atoms. The summed E-state index contributed by atoms with van der Waals surface area (Å²) in [6, 6.07) is 5.90. The number of halogens is 2. The monoisotopic (exact) mass is 240 g/mol. The molecule has 0 atom stereocenters. The van der Waals surface area contributed by atoms with Gasteiger partial charge in [0, 0.05) is 6.20 Å². The molecule has 0 bridgehead atoms. The van der Waals surface area contributed by atoms with Crippen LogP contribution in [0.3, 0.4) is 0 Å². The van der Waals surface area contributed by atoms with Gasteiger partial charge in [-0.15, -0.1) is 0 Å². The number of benzene rings is 1. The zero-order chi connectivity index (χ0) is 11.4. The molecule has 2 aromatic rings. The molecule has 5 heteroatoms. The van der Waals surface area contributed by atoms with Crippen LogP contribution in [-0.4, -0.2) is 16.4 Å². The molecule has 0 unspecified atom stereocenters. The highest BCUT2D eigenvalue weighted by molar-refractivity contribution is 6.30. The number of aromatic nitrogens is 2. The number of ether oxygens (including phenoxy) is 1. The highest BCUT2D eigenvalue weighted by Crippen LogP contribution is 2.11. The van der Waals surface area contributed by atoms with Crippen LogP contribution in [0.1, 0.15) is 0 Å². The van der Waals surface area contributed by atoms with Crippen molar-refractivity contribution >= 4 is 11.6 Å². The van der Waals surface area contributed by atoms with Gasteiger partial charge in [0.15, 0.2) is 0 Å². The van der Waals surface area contributed by atoms with Gasteiger partial charge in [0.05, 0.1) is 17.8 Å². The van der Waals surface area contributed by atoms with Crippen molar-refractivity contribution in [2.45, 2.75) is 6.54 Å². The summed E-state index contributed by atoms with van der Waals surface area (Å²) in [6.07, 6.45) is 3.29. The normalized spacial score (nSPS) is 10.4. The van der Waals surface area contributed by atoms with Gasteiger partial charge in [-0.05, 0) is 24.3 Å². The molecule has 0 aliphatic heterocycles. The second kappa shape index (κ2) is 4.99. The molecule has 0 saturated heterocycles. The van der Waals surface area contributed by atoms with Crippen LogP contribution in [0, 0.1) is 5.82 Å². The lowest BCUT2D eigenvalue weighted by Crippen LogP contribution is -2.08. The fraction of sp³-hybridized carbons (Fsp3) is 0.182. The van der Waals surface area contributed by atoms with Crippen LogP contribution in [0.2, 0.25) is 5.02 Å². The van der Waals surface area contributed by atoms with Crippen molar-refractivity contribution in [3.63, 3.8) is 0 Å². The predicted octanol–water partition coefficient (Wildman–Crippen LogP) is 2.75. The first-order valence-electron chi connectivity index (χ1n) is 4.80. The van der Waals surface area contributed by atoms with E-state index < -0.39 is 0 Å². The number of hydrogen-bond acceptors (Lipinski definition) is 2. The molecule has 0 amide bonds. The first-order chi connectivity index (χ1) is 7.74. The summed E-state index contributed by atoms with van der Waals surface area (Å²) >= 11 is 5.71. The maximum atomic E-state index is 12.6.